The van der Waals surface area contributed by atoms with Crippen molar-refractivity contribution in [1.82, 2.24) is 5.32 Å². The molecule has 0 aliphatic heterocycles. The molecule has 1 atom stereocenters. The van der Waals surface area contributed by atoms with Gasteiger partial charge in [0.2, 0.25) is 0 Å². The Hall–Kier alpha value is -0.280. The minimum atomic E-state index is 0.622. The van der Waals surface area contributed by atoms with E-state index < -0.39 is 0 Å². The Morgan fingerprint density at radius 2 is 2.20 bits per heavy atom. The molecule has 0 aliphatic rings. The predicted molar refractivity (Wildman–Crippen MR) is 67.1 cm³/mol. The summed E-state index contributed by atoms with van der Waals surface area (Å²) in [7, 11) is 0. The molecule has 1 unspecified atom stereocenters. The Labute approximate surface area is 101 Å². The average molecular weight is 274 g/mol. The van der Waals surface area contributed by atoms with Crippen molar-refractivity contribution >= 4 is 15.9 Å². The zero-order valence-corrected chi connectivity index (χ0v) is 11.1. The summed E-state index contributed by atoms with van der Waals surface area (Å²) in [6.45, 7) is 5.43. The number of halogens is 1. The predicted octanol–water partition coefficient (Wildman–Crippen LogP) is 3.75. The topological polar surface area (TPSA) is 25.2 Å². The molecule has 1 aromatic heterocycles. The molecule has 0 saturated heterocycles. The molecule has 0 radical (unpaired) electrons. The Balaban J connectivity index is 2.36. The quantitative estimate of drug-likeness (QED) is 0.819. The van der Waals surface area contributed by atoms with Crippen molar-refractivity contribution < 1.29 is 4.42 Å². The highest BCUT2D eigenvalue weighted by Crippen LogP contribution is 2.20. The zero-order valence-electron chi connectivity index (χ0n) is 9.55. The number of hydrogen-bond donors (Lipinski definition) is 1. The molecule has 86 valence electrons. The minimum absolute atomic E-state index is 0.622. The highest BCUT2D eigenvalue weighted by atomic mass is 79.9. The van der Waals surface area contributed by atoms with Crippen molar-refractivity contribution in [2.45, 2.75) is 45.6 Å². The molecule has 0 saturated carbocycles. The maximum Gasteiger partial charge on any atom is 0.117 e. The second kappa shape index (κ2) is 7.07. The van der Waals surface area contributed by atoms with E-state index in [2.05, 4.69) is 35.1 Å². The first kappa shape index (κ1) is 12.8. The van der Waals surface area contributed by atoms with E-state index in [4.69, 9.17) is 4.42 Å². The van der Waals surface area contributed by atoms with Crippen molar-refractivity contribution in [3.63, 3.8) is 0 Å². The lowest BCUT2D eigenvalue weighted by molar-refractivity contribution is 0.428. The van der Waals surface area contributed by atoms with Crippen LogP contribution in [0.25, 0.3) is 0 Å². The van der Waals surface area contributed by atoms with Crippen LogP contribution in [0.4, 0.5) is 0 Å². The fraction of sp³-hybridized carbons (Fsp3) is 0.667. The zero-order chi connectivity index (χ0) is 11.1. The molecule has 0 bridgehead atoms. The third-order valence-corrected chi connectivity index (χ3v) is 3.25. The standard InChI is InChI=1S/C12H20BrNO/c1-3-5-10(14-4-2)6-7-12-11(13)8-9-15-12/h8-10,14H,3-7H2,1-2H3. The first-order valence-electron chi connectivity index (χ1n) is 5.73. The Bertz CT molecular complexity index is 266. The molecule has 0 aliphatic carbocycles. The second-order valence-electron chi connectivity index (χ2n) is 3.77. The molecular weight excluding hydrogens is 254 g/mol. The molecule has 3 heteroatoms. The van der Waals surface area contributed by atoms with Crippen molar-refractivity contribution in [2.75, 3.05) is 6.54 Å². The van der Waals surface area contributed by atoms with Crippen LogP contribution in [0.2, 0.25) is 0 Å². The molecule has 0 fully saturated rings. The first-order chi connectivity index (χ1) is 7.27. The number of aryl methyl sites for hydroxylation is 1. The molecular formula is C12H20BrNO. The summed E-state index contributed by atoms with van der Waals surface area (Å²) in [4.78, 5) is 0. The van der Waals surface area contributed by atoms with Crippen LogP contribution < -0.4 is 5.32 Å². The SMILES string of the molecule is CCCC(CCc1occc1Br)NCC. The van der Waals surface area contributed by atoms with E-state index in [0.29, 0.717) is 6.04 Å². The molecule has 1 heterocycles. The summed E-state index contributed by atoms with van der Waals surface area (Å²) in [6.07, 6.45) is 6.36. The summed E-state index contributed by atoms with van der Waals surface area (Å²) < 4.78 is 6.49. The lowest BCUT2D eigenvalue weighted by Crippen LogP contribution is -2.29. The van der Waals surface area contributed by atoms with Crippen molar-refractivity contribution in [3.05, 3.63) is 22.6 Å². The van der Waals surface area contributed by atoms with Gasteiger partial charge in [-0.05, 0) is 41.4 Å². The lowest BCUT2D eigenvalue weighted by Gasteiger charge is -2.16. The van der Waals surface area contributed by atoms with Crippen LogP contribution in [-0.2, 0) is 6.42 Å². The molecule has 1 aromatic rings. The first-order valence-corrected chi connectivity index (χ1v) is 6.52. The monoisotopic (exact) mass is 273 g/mol. The van der Waals surface area contributed by atoms with Gasteiger partial charge in [0.05, 0.1) is 10.7 Å². The summed E-state index contributed by atoms with van der Waals surface area (Å²) >= 11 is 3.48. The lowest BCUT2D eigenvalue weighted by atomic mass is 10.1. The molecule has 1 rings (SSSR count). The van der Waals surface area contributed by atoms with Crippen LogP contribution in [0.5, 0.6) is 0 Å². The minimum Gasteiger partial charge on any atom is -0.468 e. The molecule has 0 spiro atoms. The van der Waals surface area contributed by atoms with Crippen LogP contribution in [0.15, 0.2) is 21.2 Å². The highest BCUT2D eigenvalue weighted by molar-refractivity contribution is 9.10. The molecule has 15 heavy (non-hydrogen) atoms. The van der Waals surface area contributed by atoms with E-state index in [-0.39, 0.29) is 0 Å². The fourth-order valence-corrected chi connectivity index (χ4v) is 2.19. The smallest absolute Gasteiger partial charge is 0.117 e. The molecule has 0 amide bonds. The van der Waals surface area contributed by atoms with E-state index in [1.165, 1.54) is 12.8 Å². The normalized spacial score (nSPS) is 13.0. The maximum absolute atomic E-state index is 5.40. The van der Waals surface area contributed by atoms with Gasteiger partial charge in [-0.2, -0.15) is 0 Å². The van der Waals surface area contributed by atoms with Crippen LogP contribution in [0, 0.1) is 0 Å². The third kappa shape index (κ3) is 4.39. The summed E-state index contributed by atoms with van der Waals surface area (Å²) in [5, 5.41) is 3.51. The van der Waals surface area contributed by atoms with Gasteiger partial charge in [0.15, 0.2) is 0 Å². The van der Waals surface area contributed by atoms with Gasteiger partial charge in [0.25, 0.3) is 0 Å². The largest absolute Gasteiger partial charge is 0.468 e. The van der Waals surface area contributed by atoms with Crippen LogP contribution in [0.1, 0.15) is 38.9 Å². The number of rotatable bonds is 7. The van der Waals surface area contributed by atoms with Gasteiger partial charge < -0.3 is 9.73 Å². The Kier molecular flexibility index (Phi) is 6.03. The van der Waals surface area contributed by atoms with Gasteiger partial charge >= 0.3 is 0 Å². The van der Waals surface area contributed by atoms with E-state index in [0.717, 1.165) is 29.6 Å². The molecule has 2 nitrogen and oxygen atoms in total. The second-order valence-corrected chi connectivity index (χ2v) is 4.63. The number of nitrogens with one attached hydrogen (secondary N) is 1. The summed E-state index contributed by atoms with van der Waals surface area (Å²) in [6, 6.07) is 2.58. The van der Waals surface area contributed by atoms with Crippen LogP contribution in [0.3, 0.4) is 0 Å². The van der Waals surface area contributed by atoms with Crippen molar-refractivity contribution in [3.8, 4) is 0 Å². The van der Waals surface area contributed by atoms with Gasteiger partial charge in [-0.3, -0.25) is 0 Å². The average Bonchev–Trinajstić information content (AvgIpc) is 2.61. The fourth-order valence-electron chi connectivity index (χ4n) is 1.79. The maximum atomic E-state index is 5.40. The third-order valence-electron chi connectivity index (χ3n) is 2.54. The molecule has 0 aromatic carbocycles. The number of furan rings is 1. The van der Waals surface area contributed by atoms with Gasteiger partial charge in [0, 0.05) is 12.5 Å². The van der Waals surface area contributed by atoms with E-state index >= 15 is 0 Å². The number of hydrogen-bond acceptors (Lipinski definition) is 2. The van der Waals surface area contributed by atoms with E-state index in [1.54, 1.807) is 6.26 Å². The van der Waals surface area contributed by atoms with Crippen LogP contribution in [-0.4, -0.2) is 12.6 Å². The Morgan fingerprint density at radius 1 is 1.40 bits per heavy atom. The van der Waals surface area contributed by atoms with Crippen molar-refractivity contribution in [1.29, 1.82) is 0 Å². The van der Waals surface area contributed by atoms with Gasteiger partial charge in [-0.15, -0.1) is 0 Å². The Morgan fingerprint density at radius 3 is 2.73 bits per heavy atom. The summed E-state index contributed by atoms with van der Waals surface area (Å²) in [5.41, 5.74) is 0. The van der Waals surface area contributed by atoms with Gasteiger partial charge in [-0.25, -0.2) is 0 Å². The van der Waals surface area contributed by atoms with E-state index in [1.807, 2.05) is 6.07 Å². The van der Waals surface area contributed by atoms with Gasteiger partial charge in [0.1, 0.15) is 5.76 Å². The van der Waals surface area contributed by atoms with E-state index in [9.17, 15) is 0 Å². The highest BCUT2D eigenvalue weighted by Gasteiger charge is 2.09. The molecule has 1 N–H and O–H groups in total. The van der Waals surface area contributed by atoms with Crippen molar-refractivity contribution in [2.24, 2.45) is 0 Å². The summed E-state index contributed by atoms with van der Waals surface area (Å²) in [5.74, 6) is 1.06. The van der Waals surface area contributed by atoms with Gasteiger partial charge in [-0.1, -0.05) is 20.3 Å². The van der Waals surface area contributed by atoms with Crippen LogP contribution >= 0.6 is 15.9 Å².